The number of ether oxygens (including phenoxy) is 1. The lowest BCUT2D eigenvalue weighted by molar-refractivity contribution is 0.0996. The zero-order valence-corrected chi connectivity index (χ0v) is 13.1. The highest BCUT2D eigenvalue weighted by Crippen LogP contribution is 2.18. The number of nitrogens with one attached hydrogen (secondary N) is 1. The van der Waals surface area contributed by atoms with E-state index < -0.39 is 0 Å². The molecule has 0 fully saturated rings. The molecule has 0 unspecified atom stereocenters. The third-order valence-electron chi connectivity index (χ3n) is 2.98. The second-order valence-electron chi connectivity index (χ2n) is 4.70. The monoisotopic (exact) mass is 329 g/mol. The third-order valence-corrected chi connectivity index (χ3v) is 3.88. The molecular formula is C16H15N3O3S. The van der Waals surface area contributed by atoms with Crippen LogP contribution in [0.5, 0.6) is 5.75 Å². The first-order chi connectivity index (χ1) is 11.3. The fraction of sp³-hybridized carbons (Fsp3) is 0.188. The van der Waals surface area contributed by atoms with Gasteiger partial charge in [0, 0.05) is 6.42 Å². The highest BCUT2D eigenvalue weighted by Gasteiger charge is 2.12. The minimum absolute atomic E-state index is 0.248. The van der Waals surface area contributed by atoms with Crippen LogP contribution < -0.4 is 10.1 Å². The normalized spacial score (nSPS) is 10.4. The van der Waals surface area contributed by atoms with E-state index >= 15 is 0 Å². The third kappa shape index (κ3) is 4.40. The van der Waals surface area contributed by atoms with Gasteiger partial charge in [-0.1, -0.05) is 29.5 Å². The van der Waals surface area contributed by atoms with Crippen molar-refractivity contribution < 1.29 is 13.9 Å². The summed E-state index contributed by atoms with van der Waals surface area (Å²) in [4.78, 5) is 11.8. The van der Waals surface area contributed by atoms with Gasteiger partial charge in [0.25, 0.3) is 5.91 Å². The lowest BCUT2D eigenvalue weighted by Gasteiger charge is -2.04. The van der Waals surface area contributed by atoms with Gasteiger partial charge >= 0.3 is 0 Å². The Balaban J connectivity index is 1.43. The highest BCUT2D eigenvalue weighted by molar-refractivity contribution is 7.15. The van der Waals surface area contributed by atoms with Crippen LogP contribution in [-0.4, -0.2) is 22.7 Å². The molecule has 0 aliphatic rings. The molecular weight excluding hydrogens is 314 g/mol. The fourth-order valence-electron chi connectivity index (χ4n) is 1.90. The smallest absolute Gasteiger partial charge is 0.293 e. The molecule has 23 heavy (non-hydrogen) atoms. The molecule has 0 aliphatic heterocycles. The van der Waals surface area contributed by atoms with Crippen LogP contribution in [0.15, 0.2) is 53.1 Å². The van der Waals surface area contributed by atoms with Gasteiger partial charge in [-0.15, -0.1) is 10.2 Å². The Morgan fingerprint density at radius 2 is 2.04 bits per heavy atom. The van der Waals surface area contributed by atoms with Crippen LogP contribution >= 0.6 is 11.3 Å². The number of furan rings is 1. The van der Waals surface area contributed by atoms with Crippen LogP contribution in [0, 0.1) is 0 Å². The van der Waals surface area contributed by atoms with E-state index in [4.69, 9.17) is 9.15 Å². The zero-order valence-electron chi connectivity index (χ0n) is 12.3. The standard InChI is InChI=1S/C16H15N3O3S/c20-15(13-8-4-11-22-13)17-16-19-18-14(23-16)9-5-10-21-12-6-2-1-3-7-12/h1-4,6-8,11H,5,9-10H2,(H,17,19,20). The molecule has 0 aliphatic carbocycles. The molecule has 6 nitrogen and oxygen atoms in total. The Morgan fingerprint density at radius 1 is 1.17 bits per heavy atom. The number of aromatic nitrogens is 2. The number of carbonyl (C=O) groups excluding carboxylic acids is 1. The summed E-state index contributed by atoms with van der Waals surface area (Å²) in [6.07, 6.45) is 3.03. The van der Waals surface area contributed by atoms with E-state index in [1.807, 2.05) is 30.3 Å². The van der Waals surface area contributed by atoms with Crippen LogP contribution in [0.3, 0.4) is 0 Å². The summed E-state index contributed by atoms with van der Waals surface area (Å²) in [7, 11) is 0. The molecule has 1 N–H and O–H groups in total. The summed E-state index contributed by atoms with van der Waals surface area (Å²) in [6.45, 7) is 0.609. The minimum Gasteiger partial charge on any atom is -0.494 e. The molecule has 1 amide bonds. The Labute approximate surface area is 137 Å². The fourth-order valence-corrected chi connectivity index (χ4v) is 2.68. The molecule has 1 aromatic carbocycles. The van der Waals surface area contributed by atoms with Crippen LogP contribution in [0.1, 0.15) is 22.0 Å². The van der Waals surface area contributed by atoms with E-state index in [-0.39, 0.29) is 11.7 Å². The first-order valence-electron chi connectivity index (χ1n) is 7.16. The molecule has 0 atom stereocenters. The van der Waals surface area contributed by atoms with Crippen molar-refractivity contribution >= 4 is 22.4 Å². The van der Waals surface area contributed by atoms with Gasteiger partial charge in [-0.3, -0.25) is 10.1 Å². The molecule has 0 bridgehead atoms. The van der Waals surface area contributed by atoms with Gasteiger partial charge in [-0.2, -0.15) is 0 Å². The Hall–Kier alpha value is -2.67. The van der Waals surface area contributed by atoms with E-state index in [1.54, 1.807) is 12.1 Å². The van der Waals surface area contributed by atoms with Crippen molar-refractivity contribution in [3.8, 4) is 5.75 Å². The molecule has 3 rings (SSSR count). The van der Waals surface area contributed by atoms with Crippen molar-refractivity contribution in [3.05, 3.63) is 59.5 Å². The molecule has 2 heterocycles. The molecule has 3 aromatic rings. The molecule has 118 valence electrons. The van der Waals surface area contributed by atoms with Gasteiger partial charge in [-0.05, 0) is 30.7 Å². The average molecular weight is 329 g/mol. The molecule has 2 aromatic heterocycles. The number of amides is 1. The minimum atomic E-state index is -0.329. The largest absolute Gasteiger partial charge is 0.494 e. The summed E-state index contributed by atoms with van der Waals surface area (Å²) in [5.41, 5.74) is 0. The topological polar surface area (TPSA) is 77.2 Å². The second kappa shape index (κ2) is 7.55. The van der Waals surface area contributed by atoms with E-state index in [0.717, 1.165) is 23.6 Å². The second-order valence-corrected chi connectivity index (χ2v) is 5.76. The number of anilines is 1. The summed E-state index contributed by atoms with van der Waals surface area (Å²) in [5, 5.41) is 12.0. The van der Waals surface area contributed by atoms with Crippen molar-refractivity contribution in [2.24, 2.45) is 0 Å². The molecule has 0 saturated heterocycles. The number of nitrogens with zero attached hydrogens (tertiary/aromatic N) is 2. The lowest BCUT2D eigenvalue weighted by atomic mass is 10.3. The predicted molar refractivity (Wildman–Crippen MR) is 86.8 cm³/mol. The molecule has 0 radical (unpaired) electrons. The average Bonchev–Trinajstić information content (AvgIpc) is 3.24. The number of rotatable bonds is 7. The van der Waals surface area contributed by atoms with Gasteiger partial charge < -0.3 is 9.15 Å². The summed E-state index contributed by atoms with van der Waals surface area (Å²) >= 11 is 1.35. The highest BCUT2D eigenvalue weighted by atomic mass is 32.1. The van der Waals surface area contributed by atoms with E-state index in [2.05, 4.69) is 15.5 Å². The SMILES string of the molecule is O=C(Nc1nnc(CCCOc2ccccc2)s1)c1ccco1. The van der Waals surface area contributed by atoms with Crippen molar-refractivity contribution in [2.75, 3.05) is 11.9 Å². The summed E-state index contributed by atoms with van der Waals surface area (Å²) in [6, 6.07) is 12.9. The number of aryl methyl sites for hydroxylation is 1. The maximum absolute atomic E-state index is 11.8. The van der Waals surface area contributed by atoms with Gasteiger partial charge in [0.15, 0.2) is 5.76 Å². The van der Waals surface area contributed by atoms with E-state index in [0.29, 0.717) is 11.7 Å². The van der Waals surface area contributed by atoms with Gasteiger partial charge in [0.1, 0.15) is 10.8 Å². The predicted octanol–water partition coefficient (Wildman–Crippen LogP) is 3.40. The van der Waals surface area contributed by atoms with E-state index in [9.17, 15) is 4.79 Å². The van der Waals surface area contributed by atoms with E-state index in [1.165, 1.54) is 17.6 Å². The summed E-state index contributed by atoms with van der Waals surface area (Å²) < 4.78 is 10.6. The first-order valence-corrected chi connectivity index (χ1v) is 7.98. The van der Waals surface area contributed by atoms with Crippen LogP contribution in [-0.2, 0) is 6.42 Å². The summed E-state index contributed by atoms with van der Waals surface area (Å²) in [5.74, 6) is 0.777. The maximum atomic E-state index is 11.8. The van der Waals surface area contributed by atoms with Gasteiger partial charge in [0.05, 0.1) is 12.9 Å². The molecule has 0 spiro atoms. The van der Waals surface area contributed by atoms with Crippen LogP contribution in [0.4, 0.5) is 5.13 Å². The van der Waals surface area contributed by atoms with Crippen molar-refractivity contribution in [2.45, 2.75) is 12.8 Å². The Bertz CT molecular complexity index is 741. The van der Waals surface area contributed by atoms with Crippen LogP contribution in [0.25, 0.3) is 0 Å². The Kier molecular flexibility index (Phi) is 5.00. The molecule has 0 saturated carbocycles. The van der Waals surface area contributed by atoms with Crippen LogP contribution in [0.2, 0.25) is 0 Å². The number of benzene rings is 1. The quantitative estimate of drug-likeness (QED) is 0.672. The zero-order chi connectivity index (χ0) is 15.9. The first kappa shape index (κ1) is 15.2. The number of para-hydroxylation sites is 1. The van der Waals surface area contributed by atoms with Crippen molar-refractivity contribution in [1.82, 2.24) is 10.2 Å². The lowest BCUT2D eigenvalue weighted by Crippen LogP contribution is -2.10. The number of carbonyl (C=O) groups is 1. The van der Waals surface area contributed by atoms with Gasteiger partial charge in [-0.25, -0.2) is 0 Å². The Morgan fingerprint density at radius 3 is 2.83 bits per heavy atom. The number of hydrogen-bond acceptors (Lipinski definition) is 6. The van der Waals surface area contributed by atoms with Crippen molar-refractivity contribution in [3.63, 3.8) is 0 Å². The van der Waals surface area contributed by atoms with Crippen molar-refractivity contribution in [1.29, 1.82) is 0 Å². The van der Waals surface area contributed by atoms with Gasteiger partial charge in [0.2, 0.25) is 5.13 Å². The number of hydrogen-bond donors (Lipinski definition) is 1. The molecule has 7 heteroatoms. The maximum Gasteiger partial charge on any atom is 0.293 e.